The Morgan fingerprint density at radius 3 is 2.37 bits per heavy atom. The highest BCUT2D eigenvalue weighted by atomic mass is 16.5. The van der Waals surface area contributed by atoms with Crippen LogP contribution in [0.2, 0.25) is 0 Å². The molecule has 106 valence electrons. The van der Waals surface area contributed by atoms with Gasteiger partial charge >= 0.3 is 5.97 Å². The van der Waals surface area contributed by atoms with Crippen molar-refractivity contribution in [2.75, 3.05) is 6.61 Å². The highest BCUT2D eigenvalue weighted by Crippen LogP contribution is 2.21. The molecule has 0 radical (unpaired) electrons. The third-order valence-corrected chi connectivity index (χ3v) is 2.59. The van der Waals surface area contributed by atoms with Crippen molar-refractivity contribution in [1.82, 2.24) is 5.32 Å². The molecule has 4 heteroatoms. The molecule has 4 nitrogen and oxygen atoms in total. The predicted molar refractivity (Wildman–Crippen MR) is 74.7 cm³/mol. The fourth-order valence-corrected chi connectivity index (χ4v) is 1.84. The fraction of sp³-hybridized carbons (Fsp3) is 0.533. The summed E-state index contributed by atoms with van der Waals surface area (Å²) < 4.78 is 4.89. The van der Waals surface area contributed by atoms with E-state index in [0.29, 0.717) is 0 Å². The van der Waals surface area contributed by atoms with Gasteiger partial charge in [-0.2, -0.15) is 0 Å². The van der Waals surface area contributed by atoms with Gasteiger partial charge in [0.15, 0.2) is 6.10 Å². The second kappa shape index (κ2) is 6.68. The average Bonchev–Trinajstić information content (AvgIpc) is 2.35. The van der Waals surface area contributed by atoms with Gasteiger partial charge < -0.3 is 15.2 Å². The number of benzene rings is 1. The van der Waals surface area contributed by atoms with Gasteiger partial charge in [0.2, 0.25) is 0 Å². The molecule has 0 saturated heterocycles. The van der Waals surface area contributed by atoms with Crippen LogP contribution in [-0.2, 0) is 9.53 Å². The number of hydrogen-bond donors (Lipinski definition) is 2. The number of esters is 1. The lowest BCUT2D eigenvalue weighted by Crippen LogP contribution is -2.46. The van der Waals surface area contributed by atoms with Gasteiger partial charge in [-0.05, 0) is 33.3 Å². The number of aliphatic hydroxyl groups is 1. The van der Waals surface area contributed by atoms with E-state index in [-0.39, 0.29) is 12.1 Å². The van der Waals surface area contributed by atoms with Crippen LogP contribution in [-0.4, -0.2) is 29.3 Å². The summed E-state index contributed by atoms with van der Waals surface area (Å²) in [5.74, 6) is -0.604. The van der Waals surface area contributed by atoms with E-state index in [1.807, 2.05) is 51.1 Å². The summed E-state index contributed by atoms with van der Waals surface area (Å²) in [6, 6.07) is 8.93. The Morgan fingerprint density at radius 2 is 1.89 bits per heavy atom. The van der Waals surface area contributed by atoms with Gasteiger partial charge in [0.1, 0.15) is 0 Å². The van der Waals surface area contributed by atoms with Crippen molar-refractivity contribution in [2.24, 2.45) is 0 Å². The first kappa shape index (κ1) is 15.7. The zero-order valence-corrected chi connectivity index (χ0v) is 12.0. The van der Waals surface area contributed by atoms with Crippen LogP contribution in [0.25, 0.3) is 0 Å². The zero-order valence-electron chi connectivity index (χ0n) is 12.0. The Bertz CT molecular complexity index is 398. The molecule has 2 N–H and O–H groups in total. The number of aliphatic hydroxyl groups excluding tert-OH is 1. The van der Waals surface area contributed by atoms with Crippen molar-refractivity contribution in [3.8, 4) is 0 Å². The minimum Gasteiger partial charge on any atom is -0.464 e. The first-order valence-corrected chi connectivity index (χ1v) is 6.52. The lowest BCUT2D eigenvalue weighted by Gasteiger charge is -2.31. The quantitative estimate of drug-likeness (QED) is 0.800. The molecule has 0 aliphatic heterocycles. The molecule has 0 aromatic heterocycles. The van der Waals surface area contributed by atoms with Crippen LogP contribution in [0.3, 0.4) is 0 Å². The lowest BCUT2D eigenvalue weighted by molar-refractivity contribution is -0.155. The van der Waals surface area contributed by atoms with Gasteiger partial charge in [-0.15, -0.1) is 0 Å². The van der Waals surface area contributed by atoms with Crippen LogP contribution in [0.15, 0.2) is 30.3 Å². The van der Waals surface area contributed by atoms with E-state index in [0.717, 1.165) is 5.56 Å². The summed E-state index contributed by atoms with van der Waals surface area (Å²) in [5, 5.41) is 13.4. The van der Waals surface area contributed by atoms with E-state index in [4.69, 9.17) is 4.74 Å². The van der Waals surface area contributed by atoms with Crippen LogP contribution < -0.4 is 5.32 Å². The first-order chi connectivity index (χ1) is 8.85. The molecule has 2 atom stereocenters. The topological polar surface area (TPSA) is 58.6 Å². The van der Waals surface area contributed by atoms with E-state index < -0.39 is 18.1 Å². The maximum absolute atomic E-state index is 11.7. The maximum atomic E-state index is 11.7. The molecule has 0 saturated carbocycles. The summed E-state index contributed by atoms with van der Waals surface area (Å²) >= 11 is 0. The summed E-state index contributed by atoms with van der Waals surface area (Å²) in [6.07, 6.45) is -1.22. The smallest absolute Gasteiger partial charge is 0.336 e. The van der Waals surface area contributed by atoms with Gasteiger partial charge in [-0.3, -0.25) is 0 Å². The predicted octanol–water partition coefficient (Wildman–Crippen LogP) is 2.04. The van der Waals surface area contributed by atoms with Crippen molar-refractivity contribution in [1.29, 1.82) is 0 Å². The molecule has 0 aliphatic carbocycles. The van der Waals surface area contributed by atoms with Crippen LogP contribution in [0.1, 0.15) is 39.3 Å². The summed E-state index contributed by atoms with van der Waals surface area (Å²) in [7, 11) is 0. The number of carbonyl (C=O) groups is 1. The second-order valence-corrected chi connectivity index (χ2v) is 5.48. The minimum absolute atomic E-state index is 0.228. The number of ether oxygens (including phenoxy) is 1. The van der Waals surface area contributed by atoms with Crippen LogP contribution in [0.4, 0.5) is 0 Å². The van der Waals surface area contributed by atoms with Gasteiger partial charge in [0.25, 0.3) is 0 Å². The van der Waals surface area contributed by atoms with Crippen molar-refractivity contribution in [2.45, 2.75) is 45.4 Å². The van der Waals surface area contributed by atoms with Gasteiger partial charge in [-0.25, -0.2) is 4.79 Å². The number of rotatable bonds is 5. The molecule has 0 heterocycles. The average molecular weight is 265 g/mol. The molecule has 19 heavy (non-hydrogen) atoms. The van der Waals surface area contributed by atoms with Gasteiger partial charge in [0.05, 0.1) is 12.6 Å². The lowest BCUT2D eigenvalue weighted by atomic mass is 9.97. The third-order valence-electron chi connectivity index (χ3n) is 2.59. The Balaban J connectivity index is 2.96. The second-order valence-electron chi connectivity index (χ2n) is 5.48. The Hall–Kier alpha value is -1.39. The number of nitrogens with one attached hydrogen (secondary N) is 1. The normalized spacial score (nSPS) is 14.8. The Labute approximate surface area is 114 Å². The van der Waals surface area contributed by atoms with E-state index >= 15 is 0 Å². The van der Waals surface area contributed by atoms with Crippen LogP contribution in [0.5, 0.6) is 0 Å². The maximum Gasteiger partial charge on any atom is 0.336 e. The summed E-state index contributed by atoms with van der Waals surface area (Å²) in [6.45, 7) is 7.94. The molecule has 0 amide bonds. The molecule has 0 spiro atoms. The molecule has 0 unspecified atom stereocenters. The number of hydrogen-bond acceptors (Lipinski definition) is 4. The first-order valence-electron chi connectivity index (χ1n) is 6.52. The van der Waals surface area contributed by atoms with Gasteiger partial charge in [-0.1, -0.05) is 30.3 Å². The largest absolute Gasteiger partial charge is 0.464 e. The molecule has 1 rings (SSSR count). The van der Waals surface area contributed by atoms with Crippen LogP contribution in [0, 0.1) is 0 Å². The monoisotopic (exact) mass is 265 g/mol. The fourth-order valence-electron chi connectivity index (χ4n) is 1.84. The SMILES string of the molecule is CCOC(=O)[C@H](O)[C@H](NC(C)(C)C)c1ccccc1. The standard InChI is InChI=1S/C15H23NO3/c1-5-19-14(18)13(17)12(16-15(2,3)4)11-9-7-6-8-10-11/h6-10,12-13,16-17H,5H2,1-4H3/t12-,13-/m1/s1. The van der Waals surface area contributed by atoms with Crippen LogP contribution >= 0.6 is 0 Å². The molecule has 1 aromatic rings. The van der Waals surface area contributed by atoms with Crippen molar-refractivity contribution >= 4 is 5.97 Å². The minimum atomic E-state index is -1.22. The summed E-state index contributed by atoms with van der Waals surface area (Å²) in [5.41, 5.74) is 0.631. The third kappa shape index (κ3) is 5.01. The van der Waals surface area contributed by atoms with Crippen molar-refractivity contribution in [3.05, 3.63) is 35.9 Å². The number of carbonyl (C=O) groups excluding carboxylic acids is 1. The van der Waals surface area contributed by atoms with Crippen molar-refractivity contribution < 1.29 is 14.6 Å². The Morgan fingerprint density at radius 1 is 1.32 bits per heavy atom. The molecule has 1 aromatic carbocycles. The molecule has 0 fully saturated rings. The molecular weight excluding hydrogens is 242 g/mol. The molecule has 0 bridgehead atoms. The van der Waals surface area contributed by atoms with Gasteiger partial charge in [0, 0.05) is 5.54 Å². The molecular formula is C15H23NO3. The highest BCUT2D eigenvalue weighted by molar-refractivity contribution is 5.75. The van der Waals surface area contributed by atoms with E-state index in [1.54, 1.807) is 6.92 Å². The Kier molecular flexibility index (Phi) is 5.51. The van der Waals surface area contributed by atoms with E-state index in [2.05, 4.69) is 5.32 Å². The van der Waals surface area contributed by atoms with E-state index in [9.17, 15) is 9.90 Å². The highest BCUT2D eigenvalue weighted by Gasteiger charge is 2.31. The van der Waals surface area contributed by atoms with E-state index in [1.165, 1.54) is 0 Å². The summed E-state index contributed by atoms with van der Waals surface area (Å²) in [4.78, 5) is 11.7. The zero-order chi connectivity index (χ0) is 14.5. The molecule has 0 aliphatic rings. The van der Waals surface area contributed by atoms with Crippen molar-refractivity contribution in [3.63, 3.8) is 0 Å².